The number of morpholine rings is 1. The van der Waals surface area contributed by atoms with E-state index in [-0.39, 0.29) is 17.9 Å². The molecule has 1 aromatic carbocycles. The average Bonchev–Trinajstić information content (AvgIpc) is 2.85. The monoisotopic (exact) mass is 338 g/mol. The first-order valence-electron chi connectivity index (χ1n) is 8.69. The molecule has 5 heteroatoms. The van der Waals surface area contributed by atoms with Crippen LogP contribution in [0.4, 0.5) is 0 Å². The molecule has 25 heavy (non-hydrogen) atoms. The van der Waals surface area contributed by atoms with Crippen molar-refractivity contribution < 1.29 is 14.3 Å². The van der Waals surface area contributed by atoms with Gasteiger partial charge in [-0.3, -0.25) is 19.4 Å². The number of hydrogen-bond acceptors (Lipinski definition) is 4. The van der Waals surface area contributed by atoms with Gasteiger partial charge in [-0.05, 0) is 5.56 Å². The maximum atomic E-state index is 13.0. The molecule has 2 saturated heterocycles. The number of carbonyl (C=O) groups excluding carboxylic acids is 2. The molecule has 3 atom stereocenters. The van der Waals surface area contributed by atoms with Gasteiger partial charge in [-0.2, -0.15) is 0 Å². The Hall–Kier alpha value is -2.24. The first kappa shape index (κ1) is 16.2. The van der Waals surface area contributed by atoms with Crippen LogP contribution in [0.1, 0.15) is 5.56 Å². The van der Waals surface area contributed by atoms with Crippen molar-refractivity contribution in [2.75, 3.05) is 26.7 Å². The molecule has 0 spiro atoms. The van der Waals surface area contributed by atoms with Gasteiger partial charge in [-0.1, -0.05) is 54.6 Å². The minimum absolute atomic E-state index is 0.144. The van der Waals surface area contributed by atoms with Gasteiger partial charge in [0.2, 0.25) is 11.8 Å². The van der Waals surface area contributed by atoms with Gasteiger partial charge < -0.3 is 4.74 Å². The van der Waals surface area contributed by atoms with E-state index in [1.165, 1.54) is 10.5 Å². The van der Waals surface area contributed by atoms with Gasteiger partial charge in [0.05, 0.1) is 18.6 Å². The lowest BCUT2D eigenvalue weighted by molar-refractivity contribution is -0.147. The van der Waals surface area contributed by atoms with Gasteiger partial charge in [0.1, 0.15) is 5.41 Å². The zero-order valence-corrected chi connectivity index (χ0v) is 14.3. The Bertz CT molecular complexity index is 743. The third kappa shape index (κ3) is 2.55. The average molecular weight is 338 g/mol. The van der Waals surface area contributed by atoms with Crippen molar-refractivity contribution in [2.45, 2.75) is 12.6 Å². The topological polar surface area (TPSA) is 49.9 Å². The number of likely N-dealkylation sites (tertiary alicyclic amines) is 1. The van der Waals surface area contributed by atoms with Crippen LogP contribution < -0.4 is 0 Å². The van der Waals surface area contributed by atoms with Crippen molar-refractivity contribution in [1.29, 1.82) is 0 Å². The van der Waals surface area contributed by atoms with Crippen molar-refractivity contribution in [3.05, 3.63) is 60.2 Å². The van der Waals surface area contributed by atoms with E-state index in [2.05, 4.69) is 17.0 Å². The molecule has 130 valence electrons. The lowest BCUT2D eigenvalue weighted by Gasteiger charge is -2.42. The Morgan fingerprint density at radius 2 is 2.00 bits per heavy atom. The van der Waals surface area contributed by atoms with Crippen LogP contribution >= 0.6 is 0 Å². The molecular weight excluding hydrogens is 316 g/mol. The molecule has 2 amide bonds. The fourth-order valence-electron chi connectivity index (χ4n) is 4.17. The number of fused-ring (bicyclic) bond motifs is 1. The quantitative estimate of drug-likeness (QED) is 0.786. The van der Waals surface area contributed by atoms with E-state index in [0.717, 1.165) is 13.1 Å². The van der Waals surface area contributed by atoms with Crippen molar-refractivity contribution >= 4 is 11.8 Å². The molecule has 2 aliphatic heterocycles. The largest absolute Gasteiger partial charge is 0.374 e. The van der Waals surface area contributed by atoms with Crippen LogP contribution in [0.5, 0.6) is 0 Å². The Kier molecular flexibility index (Phi) is 4.06. The summed E-state index contributed by atoms with van der Waals surface area (Å²) >= 11 is 0. The number of benzene rings is 1. The Balaban J connectivity index is 1.60. The third-order valence-corrected chi connectivity index (χ3v) is 5.51. The highest BCUT2D eigenvalue weighted by Gasteiger charge is 2.61. The second-order valence-corrected chi connectivity index (χ2v) is 6.94. The molecule has 0 bridgehead atoms. The van der Waals surface area contributed by atoms with E-state index in [9.17, 15) is 9.59 Å². The lowest BCUT2D eigenvalue weighted by Crippen LogP contribution is -2.54. The van der Waals surface area contributed by atoms with Crippen LogP contribution in [0, 0.1) is 11.3 Å². The maximum absolute atomic E-state index is 13.0. The molecule has 2 fully saturated rings. The summed E-state index contributed by atoms with van der Waals surface area (Å²) in [6.45, 7) is 2.84. The number of imide groups is 1. The molecule has 0 saturated carbocycles. The van der Waals surface area contributed by atoms with Gasteiger partial charge in [-0.25, -0.2) is 0 Å². The van der Waals surface area contributed by atoms with Gasteiger partial charge in [0.25, 0.3) is 0 Å². The van der Waals surface area contributed by atoms with Crippen LogP contribution in [-0.4, -0.2) is 54.5 Å². The standard InChI is InChI=1S/C20H22N2O3/c1-21-18(23)16-9-5-6-10-20(16,19(21)24)17-14-22(11-12-25-17)13-15-7-3-2-4-8-15/h2-10,16-17H,11-14H2,1H3. The highest BCUT2D eigenvalue weighted by atomic mass is 16.5. The number of ether oxygens (including phenoxy) is 1. The highest BCUT2D eigenvalue weighted by molar-refractivity contribution is 6.09. The van der Waals surface area contributed by atoms with Gasteiger partial charge >= 0.3 is 0 Å². The van der Waals surface area contributed by atoms with Crippen LogP contribution in [0.3, 0.4) is 0 Å². The van der Waals surface area contributed by atoms with Crippen LogP contribution in [0.2, 0.25) is 0 Å². The number of nitrogens with zero attached hydrogens (tertiary/aromatic N) is 2. The normalized spacial score (nSPS) is 32.3. The van der Waals surface area contributed by atoms with Crippen molar-refractivity contribution in [3.63, 3.8) is 0 Å². The molecule has 3 unspecified atom stereocenters. The Labute approximate surface area is 147 Å². The number of allylic oxidation sites excluding steroid dienone is 2. The highest BCUT2D eigenvalue weighted by Crippen LogP contribution is 2.46. The van der Waals surface area contributed by atoms with E-state index in [1.807, 2.05) is 42.5 Å². The molecular formula is C20H22N2O3. The Morgan fingerprint density at radius 3 is 2.80 bits per heavy atom. The molecule has 5 nitrogen and oxygen atoms in total. The van der Waals surface area contributed by atoms with E-state index >= 15 is 0 Å². The van der Waals surface area contributed by atoms with Crippen molar-refractivity contribution in [3.8, 4) is 0 Å². The maximum Gasteiger partial charge on any atom is 0.242 e. The van der Waals surface area contributed by atoms with Crippen molar-refractivity contribution in [1.82, 2.24) is 9.80 Å². The van der Waals surface area contributed by atoms with Crippen LogP contribution in [-0.2, 0) is 20.9 Å². The summed E-state index contributed by atoms with van der Waals surface area (Å²) in [5.41, 5.74) is 0.331. The molecule has 1 aliphatic carbocycles. The predicted molar refractivity (Wildman–Crippen MR) is 93.4 cm³/mol. The van der Waals surface area contributed by atoms with Gasteiger partial charge in [-0.15, -0.1) is 0 Å². The first-order chi connectivity index (χ1) is 12.1. The van der Waals surface area contributed by atoms with E-state index in [4.69, 9.17) is 4.74 Å². The molecule has 0 radical (unpaired) electrons. The predicted octanol–water partition coefficient (Wildman–Crippen LogP) is 1.61. The minimum Gasteiger partial charge on any atom is -0.374 e. The molecule has 0 aromatic heterocycles. The Morgan fingerprint density at radius 1 is 1.20 bits per heavy atom. The molecule has 1 aromatic rings. The van der Waals surface area contributed by atoms with Crippen LogP contribution in [0.25, 0.3) is 0 Å². The lowest BCUT2D eigenvalue weighted by atomic mass is 9.70. The number of hydrogen-bond donors (Lipinski definition) is 0. The van der Waals surface area contributed by atoms with E-state index in [0.29, 0.717) is 13.2 Å². The summed E-state index contributed by atoms with van der Waals surface area (Å²) in [6, 6.07) is 10.3. The summed E-state index contributed by atoms with van der Waals surface area (Å²) < 4.78 is 6.03. The number of carbonyl (C=O) groups is 2. The molecule has 0 N–H and O–H groups in total. The zero-order valence-electron chi connectivity index (χ0n) is 14.3. The molecule has 3 aliphatic rings. The van der Waals surface area contributed by atoms with Crippen LogP contribution in [0.15, 0.2) is 54.6 Å². The summed E-state index contributed by atoms with van der Waals surface area (Å²) in [7, 11) is 1.57. The summed E-state index contributed by atoms with van der Waals surface area (Å²) in [4.78, 5) is 29.0. The van der Waals surface area contributed by atoms with Gasteiger partial charge in [0, 0.05) is 26.7 Å². The second kappa shape index (κ2) is 6.24. The fourth-order valence-corrected chi connectivity index (χ4v) is 4.17. The summed E-state index contributed by atoms with van der Waals surface area (Å²) in [5.74, 6) is -0.763. The van der Waals surface area contributed by atoms with Gasteiger partial charge in [0.15, 0.2) is 0 Å². The fraction of sp³-hybridized carbons (Fsp3) is 0.400. The number of amides is 2. The smallest absolute Gasteiger partial charge is 0.242 e. The zero-order chi connectivity index (χ0) is 17.4. The first-order valence-corrected chi connectivity index (χ1v) is 8.69. The minimum atomic E-state index is -0.907. The summed E-state index contributed by atoms with van der Waals surface area (Å²) in [5, 5.41) is 0. The van der Waals surface area contributed by atoms with E-state index in [1.54, 1.807) is 7.05 Å². The molecule has 2 heterocycles. The third-order valence-electron chi connectivity index (χ3n) is 5.51. The second-order valence-electron chi connectivity index (χ2n) is 6.94. The molecule has 4 rings (SSSR count). The number of rotatable bonds is 3. The summed E-state index contributed by atoms with van der Waals surface area (Å²) in [6.07, 6.45) is 7.09. The van der Waals surface area contributed by atoms with E-state index < -0.39 is 11.3 Å². The SMILES string of the molecule is CN1C(=O)C2C=CC=CC2(C2CN(Cc3ccccc3)CCO2)C1=O. The van der Waals surface area contributed by atoms with Crippen molar-refractivity contribution in [2.24, 2.45) is 11.3 Å².